The molecule has 2 aromatic carbocycles. The van der Waals surface area contributed by atoms with Gasteiger partial charge in [0.05, 0.1) is 4.90 Å². The molecule has 1 amide bonds. The summed E-state index contributed by atoms with van der Waals surface area (Å²) < 4.78 is 27.8. The van der Waals surface area contributed by atoms with E-state index >= 15 is 0 Å². The molecule has 6 heteroatoms. The predicted molar refractivity (Wildman–Crippen MR) is 92.0 cm³/mol. The Balaban J connectivity index is 1.63. The van der Waals surface area contributed by atoms with Gasteiger partial charge >= 0.3 is 0 Å². The summed E-state index contributed by atoms with van der Waals surface area (Å²) in [5.41, 5.74) is -0.0537. The van der Waals surface area contributed by atoms with Gasteiger partial charge in [-0.15, -0.1) is 0 Å². The summed E-state index contributed by atoms with van der Waals surface area (Å²) in [7, 11) is -3.52. The minimum absolute atomic E-state index is 0.0537. The zero-order chi connectivity index (χ0) is 16.8. The number of sulfonamides is 1. The summed E-state index contributed by atoms with van der Waals surface area (Å²) >= 11 is 0. The van der Waals surface area contributed by atoms with Gasteiger partial charge in [0.15, 0.2) is 0 Å². The second-order valence-electron chi connectivity index (χ2n) is 6.83. The van der Waals surface area contributed by atoms with Gasteiger partial charge < -0.3 is 5.32 Å². The van der Waals surface area contributed by atoms with Crippen molar-refractivity contribution in [1.29, 1.82) is 0 Å². The summed E-state index contributed by atoms with van der Waals surface area (Å²) in [5, 5.41) is 4.57. The van der Waals surface area contributed by atoms with Crippen molar-refractivity contribution in [2.24, 2.45) is 5.41 Å². The van der Waals surface area contributed by atoms with Crippen LogP contribution in [0.15, 0.2) is 47.4 Å². The first-order valence-corrected chi connectivity index (χ1v) is 9.69. The fraction of sp³-hybridized carbons (Fsp3) is 0.389. The number of nitrogens with one attached hydrogen (secondary N) is 1. The SMILES string of the molecule is O=C1CC2(CCN(S(=O)(=O)c3cccc4ccccc34)CC2)CN1. The molecule has 5 nitrogen and oxygen atoms in total. The molecule has 0 atom stereocenters. The van der Waals surface area contributed by atoms with Crippen LogP contribution in [0.2, 0.25) is 0 Å². The molecule has 2 aromatic rings. The van der Waals surface area contributed by atoms with Gasteiger partial charge in [-0.2, -0.15) is 4.31 Å². The molecule has 2 aliphatic heterocycles. The number of carbonyl (C=O) groups is 1. The van der Waals surface area contributed by atoms with E-state index in [1.54, 1.807) is 16.4 Å². The Hall–Kier alpha value is -1.92. The van der Waals surface area contributed by atoms with Crippen molar-refractivity contribution in [3.05, 3.63) is 42.5 Å². The smallest absolute Gasteiger partial charge is 0.243 e. The molecule has 24 heavy (non-hydrogen) atoms. The van der Waals surface area contributed by atoms with Gasteiger partial charge in [0.25, 0.3) is 0 Å². The van der Waals surface area contributed by atoms with E-state index in [9.17, 15) is 13.2 Å². The van der Waals surface area contributed by atoms with Crippen molar-refractivity contribution in [2.75, 3.05) is 19.6 Å². The van der Waals surface area contributed by atoms with Crippen LogP contribution in [-0.4, -0.2) is 38.3 Å². The second-order valence-corrected chi connectivity index (χ2v) is 8.74. The van der Waals surface area contributed by atoms with Crippen LogP contribution in [0.4, 0.5) is 0 Å². The second kappa shape index (κ2) is 5.57. The van der Waals surface area contributed by atoms with Crippen molar-refractivity contribution in [2.45, 2.75) is 24.2 Å². The van der Waals surface area contributed by atoms with Crippen LogP contribution in [0.1, 0.15) is 19.3 Å². The van der Waals surface area contributed by atoms with Crippen LogP contribution in [0.5, 0.6) is 0 Å². The molecule has 2 fully saturated rings. The lowest BCUT2D eigenvalue weighted by atomic mass is 9.78. The summed E-state index contributed by atoms with van der Waals surface area (Å²) in [6, 6.07) is 13.0. The average Bonchev–Trinajstić information content (AvgIpc) is 2.95. The highest BCUT2D eigenvalue weighted by Crippen LogP contribution is 2.39. The first-order valence-electron chi connectivity index (χ1n) is 8.25. The quantitative estimate of drug-likeness (QED) is 0.907. The highest BCUT2D eigenvalue weighted by Gasteiger charge is 2.43. The molecule has 126 valence electrons. The van der Waals surface area contributed by atoms with Crippen molar-refractivity contribution >= 4 is 26.7 Å². The number of hydrogen-bond donors (Lipinski definition) is 1. The highest BCUT2D eigenvalue weighted by molar-refractivity contribution is 7.89. The summed E-state index contributed by atoms with van der Waals surface area (Å²) in [6.07, 6.45) is 1.99. The van der Waals surface area contributed by atoms with Gasteiger partial charge in [-0.1, -0.05) is 36.4 Å². The standard InChI is InChI=1S/C18H20N2O3S/c21-17-12-18(13-19-17)8-10-20(11-9-18)24(22,23)16-7-3-5-14-4-1-2-6-15(14)16/h1-7H,8-13H2,(H,19,21). The van der Waals surface area contributed by atoms with Gasteiger partial charge in [-0.05, 0) is 29.7 Å². The first kappa shape index (κ1) is 15.6. The van der Waals surface area contributed by atoms with Crippen molar-refractivity contribution in [3.8, 4) is 0 Å². The number of nitrogens with zero attached hydrogens (tertiary/aromatic N) is 1. The molecule has 0 unspecified atom stereocenters. The van der Waals surface area contributed by atoms with Crippen LogP contribution in [0.25, 0.3) is 10.8 Å². The third-order valence-electron chi connectivity index (χ3n) is 5.35. The van der Waals surface area contributed by atoms with E-state index in [0.717, 1.165) is 23.6 Å². The minimum atomic E-state index is -3.52. The van der Waals surface area contributed by atoms with Crippen LogP contribution in [0, 0.1) is 5.41 Å². The molecular formula is C18H20N2O3S. The molecule has 2 saturated heterocycles. The fourth-order valence-corrected chi connectivity index (χ4v) is 5.52. The average molecular weight is 344 g/mol. The Bertz CT molecular complexity index is 894. The lowest BCUT2D eigenvalue weighted by Crippen LogP contribution is -2.43. The molecule has 0 radical (unpaired) electrons. The number of benzene rings is 2. The summed E-state index contributed by atoms with van der Waals surface area (Å²) in [4.78, 5) is 11.9. The molecule has 4 rings (SSSR count). The van der Waals surface area contributed by atoms with E-state index in [1.165, 1.54) is 0 Å². The molecule has 0 bridgehead atoms. The number of hydrogen-bond acceptors (Lipinski definition) is 3. The molecule has 0 saturated carbocycles. The van der Waals surface area contributed by atoms with E-state index in [0.29, 0.717) is 31.0 Å². The third-order valence-corrected chi connectivity index (χ3v) is 7.30. The predicted octanol–water partition coefficient (Wildman–Crippen LogP) is 2.13. The zero-order valence-electron chi connectivity index (χ0n) is 13.4. The Morgan fingerprint density at radius 2 is 1.71 bits per heavy atom. The van der Waals surface area contributed by atoms with E-state index in [-0.39, 0.29) is 11.3 Å². The van der Waals surface area contributed by atoms with Crippen LogP contribution < -0.4 is 5.32 Å². The maximum absolute atomic E-state index is 13.1. The molecule has 1 spiro atoms. The van der Waals surface area contributed by atoms with Gasteiger partial charge in [0.2, 0.25) is 15.9 Å². The summed E-state index contributed by atoms with van der Waals surface area (Å²) in [6.45, 7) is 1.62. The molecule has 1 N–H and O–H groups in total. The number of fused-ring (bicyclic) bond motifs is 1. The lowest BCUT2D eigenvalue weighted by Gasteiger charge is -2.37. The van der Waals surface area contributed by atoms with E-state index in [2.05, 4.69) is 5.32 Å². The highest BCUT2D eigenvalue weighted by atomic mass is 32.2. The third kappa shape index (κ3) is 2.50. The van der Waals surface area contributed by atoms with Gasteiger partial charge in [0.1, 0.15) is 0 Å². The molecule has 2 heterocycles. The monoisotopic (exact) mass is 344 g/mol. The molecular weight excluding hydrogens is 324 g/mol. The maximum atomic E-state index is 13.1. The van der Waals surface area contributed by atoms with Crippen LogP contribution in [0.3, 0.4) is 0 Å². The topological polar surface area (TPSA) is 66.5 Å². The van der Waals surface area contributed by atoms with Crippen molar-refractivity contribution < 1.29 is 13.2 Å². The number of rotatable bonds is 2. The summed E-state index contributed by atoms with van der Waals surface area (Å²) in [5.74, 6) is 0.0837. The fourth-order valence-electron chi connectivity index (χ4n) is 3.87. The zero-order valence-corrected chi connectivity index (χ0v) is 14.2. The normalized spacial score (nSPS) is 21.2. The van der Waals surface area contributed by atoms with E-state index in [1.807, 2.05) is 30.3 Å². The van der Waals surface area contributed by atoms with Crippen molar-refractivity contribution in [1.82, 2.24) is 9.62 Å². The number of amides is 1. The van der Waals surface area contributed by atoms with Crippen molar-refractivity contribution in [3.63, 3.8) is 0 Å². The molecule has 2 aliphatic rings. The maximum Gasteiger partial charge on any atom is 0.243 e. The van der Waals surface area contributed by atoms with Gasteiger partial charge in [0, 0.05) is 31.4 Å². The van der Waals surface area contributed by atoms with Crippen LogP contribution in [-0.2, 0) is 14.8 Å². The Kier molecular flexibility index (Phi) is 3.62. The number of piperidine rings is 1. The number of carbonyl (C=O) groups excluding carboxylic acids is 1. The lowest BCUT2D eigenvalue weighted by molar-refractivity contribution is -0.119. The van der Waals surface area contributed by atoms with Gasteiger partial charge in [-0.25, -0.2) is 8.42 Å². The van der Waals surface area contributed by atoms with Crippen LogP contribution >= 0.6 is 0 Å². The minimum Gasteiger partial charge on any atom is -0.356 e. The van der Waals surface area contributed by atoms with Gasteiger partial charge in [-0.3, -0.25) is 4.79 Å². The Morgan fingerprint density at radius 3 is 2.42 bits per heavy atom. The van der Waals surface area contributed by atoms with E-state index < -0.39 is 10.0 Å². The largest absolute Gasteiger partial charge is 0.356 e. The Morgan fingerprint density at radius 1 is 1.00 bits per heavy atom. The van der Waals surface area contributed by atoms with E-state index in [4.69, 9.17) is 0 Å². The first-order chi connectivity index (χ1) is 11.5. The Labute approximate surface area is 141 Å². The molecule has 0 aliphatic carbocycles. The molecule has 0 aromatic heterocycles.